The highest BCUT2D eigenvalue weighted by Crippen LogP contribution is 2.44. The smallest absolute Gasteiger partial charge is 0.424 e. The number of ether oxygens (including phenoxy) is 2. The van der Waals surface area contributed by atoms with Gasteiger partial charge in [-0.25, -0.2) is 4.39 Å². The minimum Gasteiger partial charge on any atom is -0.430 e. The van der Waals surface area contributed by atoms with Crippen LogP contribution in [0.4, 0.5) is 26.3 Å². The van der Waals surface area contributed by atoms with Gasteiger partial charge in [0.1, 0.15) is 17.1 Å². The van der Waals surface area contributed by atoms with E-state index >= 15 is 0 Å². The van der Waals surface area contributed by atoms with Gasteiger partial charge in [0.05, 0.1) is 6.61 Å². The largest absolute Gasteiger partial charge is 0.430 e. The Balaban J connectivity index is 1.81. The average Bonchev–Trinajstić information content (AvgIpc) is 2.74. The van der Waals surface area contributed by atoms with Crippen molar-refractivity contribution in [2.24, 2.45) is 0 Å². The summed E-state index contributed by atoms with van der Waals surface area (Å²) >= 11 is 1.64. The summed E-state index contributed by atoms with van der Waals surface area (Å²) in [5.41, 5.74) is -1.17. The van der Waals surface area contributed by atoms with Crippen LogP contribution in [-0.2, 0) is 10.9 Å². The summed E-state index contributed by atoms with van der Waals surface area (Å²) in [6.07, 6.45) is -8.58. The standard InChI is InChI=1S/C24H26F6O2S/c1-3-4-13-33-17-9-12-20(31-14-17)24(29,30)32-19-11-10-18(16-7-5-15(2)6-8-16)22(25)21(19)23(26,27)28/h5-8,10-11,17,20H,3-4,9,12-14H2,1-2H3. The Morgan fingerprint density at radius 1 is 1.03 bits per heavy atom. The van der Waals surface area contributed by atoms with Crippen molar-refractivity contribution in [3.05, 3.63) is 53.3 Å². The number of rotatable bonds is 8. The molecule has 1 heterocycles. The predicted molar refractivity (Wildman–Crippen MR) is 117 cm³/mol. The number of thioether (sulfide) groups is 1. The van der Waals surface area contributed by atoms with Crippen molar-refractivity contribution in [2.75, 3.05) is 12.4 Å². The topological polar surface area (TPSA) is 18.5 Å². The van der Waals surface area contributed by atoms with Crippen molar-refractivity contribution in [1.29, 1.82) is 0 Å². The number of unbranched alkanes of at least 4 members (excludes halogenated alkanes) is 1. The van der Waals surface area contributed by atoms with E-state index in [1.165, 1.54) is 12.1 Å². The van der Waals surface area contributed by atoms with Crippen LogP contribution >= 0.6 is 11.8 Å². The Labute approximate surface area is 193 Å². The third-order valence-electron chi connectivity index (χ3n) is 5.46. The lowest BCUT2D eigenvalue weighted by atomic mass is 10.00. The predicted octanol–water partition coefficient (Wildman–Crippen LogP) is 7.87. The fourth-order valence-corrected chi connectivity index (χ4v) is 4.86. The number of aryl methyl sites for hydroxylation is 1. The van der Waals surface area contributed by atoms with Crippen molar-refractivity contribution in [3.63, 3.8) is 0 Å². The van der Waals surface area contributed by atoms with Crippen LogP contribution in [0.5, 0.6) is 5.75 Å². The lowest BCUT2D eigenvalue weighted by Gasteiger charge is -2.33. The first-order chi connectivity index (χ1) is 15.5. The van der Waals surface area contributed by atoms with Gasteiger partial charge in [-0.05, 0) is 49.6 Å². The third kappa shape index (κ3) is 6.38. The maximum atomic E-state index is 15.0. The number of halogens is 6. The molecule has 1 aliphatic heterocycles. The number of benzene rings is 2. The van der Waals surface area contributed by atoms with E-state index in [4.69, 9.17) is 4.74 Å². The van der Waals surface area contributed by atoms with Gasteiger partial charge in [0.25, 0.3) is 0 Å². The fourth-order valence-electron chi connectivity index (χ4n) is 3.59. The molecule has 1 saturated heterocycles. The van der Waals surface area contributed by atoms with Gasteiger partial charge in [0.2, 0.25) is 0 Å². The van der Waals surface area contributed by atoms with E-state index in [2.05, 4.69) is 11.7 Å². The molecule has 2 aromatic rings. The summed E-state index contributed by atoms with van der Waals surface area (Å²) in [4.78, 5) is 0. The van der Waals surface area contributed by atoms with Gasteiger partial charge < -0.3 is 9.47 Å². The second kappa shape index (κ2) is 10.6. The zero-order valence-electron chi connectivity index (χ0n) is 18.4. The first-order valence-electron chi connectivity index (χ1n) is 10.8. The lowest BCUT2D eigenvalue weighted by molar-refractivity contribution is -0.261. The van der Waals surface area contributed by atoms with Gasteiger partial charge in [0, 0.05) is 10.8 Å². The van der Waals surface area contributed by atoms with E-state index in [1.54, 1.807) is 30.8 Å². The van der Waals surface area contributed by atoms with Crippen LogP contribution in [0.3, 0.4) is 0 Å². The fraction of sp³-hybridized carbons (Fsp3) is 0.500. The molecule has 0 aromatic heterocycles. The maximum absolute atomic E-state index is 15.0. The van der Waals surface area contributed by atoms with Crippen molar-refractivity contribution in [3.8, 4) is 16.9 Å². The summed E-state index contributed by atoms with van der Waals surface area (Å²) in [6, 6.07) is 7.93. The maximum Gasteiger partial charge on any atom is 0.424 e. The van der Waals surface area contributed by atoms with Crippen molar-refractivity contribution in [2.45, 2.75) is 63.2 Å². The van der Waals surface area contributed by atoms with Crippen molar-refractivity contribution >= 4 is 11.8 Å². The molecule has 3 rings (SSSR count). The van der Waals surface area contributed by atoms with Crippen LogP contribution in [-0.4, -0.2) is 29.8 Å². The molecular weight excluding hydrogens is 466 g/mol. The van der Waals surface area contributed by atoms with Crippen molar-refractivity contribution in [1.82, 2.24) is 0 Å². The van der Waals surface area contributed by atoms with Crippen LogP contribution in [0, 0.1) is 12.7 Å². The van der Waals surface area contributed by atoms with Crippen LogP contribution in [0.2, 0.25) is 0 Å². The van der Waals surface area contributed by atoms with E-state index in [9.17, 15) is 26.3 Å². The number of hydrogen-bond acceptors (Lipinski definition) is 3. The van der Waals surface area contributed by atoms with E-state index in [-0.39, 0.29) is 29.4 Å². The minimum atomic E-state index is -5.23. The Bertz CT molecular complexity index is 922. The summed E-state index contributed by atoms with van der Waals surface area (Å²) in [5.74, 6) is -2.02. The summed E-state index contributed by atoms with van der Waals surface area (Å²) in [7, 11) is 0. The third-order valence-corrected chi connectivity index (χ3v) is 6.82. The highest BCUT2D eigenvalue weighted by molar-refractivity contribution is 7.99. The normalized spacial score (nSPS) is 19.5. The van der Waals surface area contributed by atoms with E-state index in [1.807, 2.05) is 0 Å². The van der Waals surface area contributed by atoms with Crippen LogP contribution in [0.1, 0.15) is 43.7 Å². The molecular formula is C24H26F6O2S. The molecule has 0 spiro atoms. The van der Waals surface area contributed by atoms with E-state index < -0.39 is 35.5 Å². The van der Waals surface area contributed by atoms with Gasteiger partial charge >= 0.3 is 12.3 Å². The molecule has 182 valence electrons. The molecule has 9 heteroatoms. The summed E-state index contributed by atoms with van der Waals surface area (Å²) in [6.45, 7) is 3.89. The zero-order valence-corrected chi connectivity index (χ0v) is 19.2. The summed E-state index contributed by atoms with van der Waals surface area (Å²) < 4.78 is 95.3. The molecule has 2 unspecified atom stereocenters. The van der Waals surface area contributed by atoms with Gasteiger partial charge in [-0.2, -0.15) is 33.7 Å². The minimum absolute atomic E-state index is 0.0561. The molecule has 0 saturated carbocycles. The first kappa shape index (κ1) is 25.7. The van der Waals surface area contributed by atoms with Crippen molar-refractivity contribution < 1.29 is 35.8 Å². The van der Waals surface area contributed by atoms with E-state index in [0.29, 0.717) is 6.42 Å². The molecule has 0 bridgehead atoms. The van der Waals surface area contributed by atoms with Gasteiger partial charge in [-0.15, -0.1) is 0 Å². The molecule has 2 nitrogen and oxygen atoms in total. The highest BCUT2D eigenvalue weighted by Gasteiger charge is 2.48. The highest BCUT2D eigenvalue weighted by atomic mass is 32.2. The van der Waals surface area contributed by atoms with Gasteiger partial charge in [-0.3, -0.25) is 0 Å². The number of alkyl halides is 5. The summed E-state index contributed by atoms with van der Waals surface area (Å²) in [5, 5.41) is 0.0561. The molecule has 0 radical (unpaired) electrons. The van der Waals surface area contributed by atoms with Crippen LogP contribution < -0.4 is 4.74 Å². The van der Waals surface area contributed by atoms with Crippen LogP contribution in [0.15, 0.2) is 36.4 Å². The number of hydrogen-bond donors (Lipinski definition) is 0. The second-order valence-electron chi connectivity index (χ2n) is 8.07. The SMILES string of the molecule is CCCCSC1CCC(C(F)(F)Oc2ccc(-c3ccc(C)cc3)c(F)c2C(F)(F)F)OC1. The molecule has 1 fully saturated rings. The molecule has 33 heavy (non-hydrogen) atoms. The average molecular weight is 493 g/mol. The monoisotopic (exact) mass is 492 g/mol. The Hall–Kier alpha value is -1.87. The molecule has 0 aliphatic carbocycles. The van der Waals surface area contributed by atoms with Gasteiger partial charge in [-0.1, -0.05) is 43.2 Å². The molecule has 2 aromatic carbocycles. The Morgan fingerprint density at radius 2 is 1.73 bits per heavy atom. The Kier molecular flexibility index (Phi) is 8.26. The lowest BCUT2D eigenvalue weighted by Crippen LogP contribution is -2.45. The second-order valence-corrected chi connectivity index (χ2v) is 9.48. The zero-order chi connectivity index (χ0) is 24.2. The van der Waals surface area contributed by atoms with Crippen LogP contribution in [0.25, 0.3) is 11.1 Å². The Morgan fingerprint density at radius 3 is 2.30 bits per heavy atom. The molecule has 0 N–H and O–H groups in total. The molecule has 0 amide bonds. The van der Waals surface area contributed by atoms with E-state index in [0.717, 1.165) is 36.3 Å². The molecule has 2 atom stereocenters. The first-order valence-corrected chi connectivity index (χ1v) is 11.8. The van der Waals surface area contributed by atoms with Gasteiger partial charge in [0.15, 0.2) is 6.10 Å². The molecule has 1 aliphatic rings. The quantitative estimate of drug-likeness (QED) is 0.276.